The van der Waals surface area contributed by atoms with Gasteiger partial charge < -0.3 is 18.3 Å². The van der Waals surface area contributed by atoms with E-state index in [4.69, 9.17) is 8.83 Å². The molecule has 56 heavy (non-hydrogen) atoms. The lowest BCUT2D eigenvalue weighted by atomic mass is 10.0. The first-order valence-corrected chi connectivity index (χ1v) is 19.0. The van der Waals surface area contributed by atoms with Crippen molar-refractivity contribution in [1.82, 2.24) is 4.57 Å². The van der Waals surface area contributed by atoms with Gasteiger partial charge in [0.15, 0.2) is 0 Å². The zero-order valence-electron chi connectivity index (χ0n) is 30.2. The van der Waals surface area contributed by atoms with E-state index >= 15 is 0 Å². The van der Waals surface area contributed by atoms with E-state index in [-0.39, 0.29) is 0 Å². The van der Waals surface area contributed by atoms with Crippen LogP contribution in [-0.2, 0) is 0 Å². The molecule has 3 aromatic heterocycles. The summed E-state index contributed by atoms with van der Waals surface area (Å²) in [5.41, 5.74) is 12.3. The van der Waals surface area contributed by atoms with Gasteiger partial charge in [-0.2, -0.15) is 0 Å². The Morgan fingerprint density at radius 2 is 1.02 bits per heavy atom. The highest BCUT2D eigenvalue weighted by molar-refractivity contribution is 6.20. The summed E-state index contributed by atoms with van der Waals surface area (Å²) in [5, 5.41) is 9.10. The van der Waals surface area contributed by atoms with Crippen LogP contribution in [-0.4, -0.2) is 4.57 Å². The van der Waals surface area contributed by atoms with E-state index in [9.17, 15) is 0 Å². The van der Waals surface area contributed by atoms with Crippen molar-refractivity contribution < 1.29 is 8.83 Å². The number of hydrogen-bond acceptors (Lipinski definition) is 3. The average molecular weight is 717 g/mol. The predicted molar refractivity (Wildman–Crippen MR) is 233 cm³/mol. The fourth-order valence-corrected chi connectivity index (χ4v) is 8.88. The van der Waals surface area contributed by atoms with E-state index in [0.717, 1.165) is 99.6 Å². The van der Waals surface area contributed by atoms with E-state index in [2.05, 4.69) is 191 Å². The summed E-state index contributed by atoms with van der Waals surface area (Å²) < 4.78 is 15.4. The average Bonchev–Trinajstić information content (AvgIpc) is 3.94. The van der Waals surface area contributed by atoms with Crippen LogP contribution in [0.4, 0.5) is 17.1 Å². The van der Waals surface area contributed by atoms with Gasteiger partial charge in [-0.3, -0.25) is 0 Å². The van der Waals surface area contributed by atoms with Crippen molar-refractivity contribution in [3.05, 3.63) is 194 Å². The molecule has 0 fully saturated rings. The Balaban J connectivity index is 1.15. The predicted octanol–water partition coefficient (Wildman–Crippen LogP) is 14.9. The molecule has 0 saturated carbocycles. The highest BCUT2D eigenvalue weighted by atomic mass is 16.3. The minimum Gasteiger partial charge on any atom is -0.456 e. The molecule has 0 aliphatic heterocycles. The van der Waals surface area contributed by atoms with E-state index in [0.29, 0.717) is 0 Å². The van der Waals surface area contributed by atoms with Crippen LogP contribution in [0.5, 0.6) is 0 Å². The number of rotatable bonds is 5. The van der Waals surface area contributed by atoms with E-state index in [1.807, 2.05) is 12.1 Å². The minimum absolute atomic E-state index is 0.849. The van der Waals surface area contributed by atoms with Gasteiger partial charge in [-0.1, -0.05) is 121 Å². The molecule has 4 heteroatoms. The zero-order valence-corrected chi connectivity index (χ0v) is 30.2. The molecular formula is C52H32N2O2. The standard InChI is InChI=1S/C52H32N2O2/c1-2-16-37-33(13-1)27-29-41-51-47(24-12-26-50(51)56-52(37)41)53(36-15-11-14-34(31-36)35-28-30-49-42(32-35)40-19-5-10-25-48(40)55-49)45-22-8-9-23-46(45)54-43-20-6-3-17-38(43)39-18-4-7-21-44(39)54/h1-32H. The second-order valence-corrected chi connectivity index (χ2v) is 14.5. The summed E-state index contributed by atoms with van der Waals surface area (Å²) in [7, 11) is 0. The number of para-hydroxylation sites is 5. The number of fused-ring (bicyclic) bond motifs is 11. The normalized spacial score (nSPS) is 11.9. The van der Waals surface area contributed by atoms with Crippen LogP contribution in [0.25, 0.3) is 93.3 Å². The molecule has 0 amide bonds. The Morgan fingerprint density at radius 1 is 0.375 bits per heavy atom. The summed E-state index contributed by atoms with van der Waals surface area (Å²) in [6.07, 6.45) is 0. The smallest absolute Gasteiger partial charge is 0.143 e. The van der Waals surface area contributed by atoms with Gasteiger partial charge in [-0.25, -0.2) is 0 Å². The third kappa shape index (κ3) is 4.53. The second kappa shape index (κ2) is 12.0. The first kappa shape index (κ1) is 30.9. The maximum atomic E-state index is 6.77. The van der Waals surface area contributed by atoms with Gasteiger partial charge in [-0.05, 0) is 89.3 Å². The molecule has 262 valence electrons. The third-order valence-corrected chi connectivity index (χ3v) is 11.4. The molecule has 9 aromatic carbocycles. The maximum absolute atomic E-state index is 6.77. The molecule has 12 aromatic rings. The molecule has 0 bridgehead atoms. The van der Waals surface area contributed by atoms with Gasteiger partial charge in [0.25, 0.3) is 0 Å². The molecule has 0 aliphatic rings. The summed E-state index contributed by atoms with van der Waals surface area (Å²) in [6, 6.07) is 69.1. The summed E-state index contributed by atoms with van der Waals surface area (Å²) >= 11 is 0. The Morgan fingerprint density at radius 3 is 1.88 bits per heavy atom. The number of aromatic nitrogens is 1. The van der Waals surface area contributed by atoms with E-state index < -0.39 is 0 Å². The molecule has 0 aliphatic carbocycles. The fraction of sp³-hybridized carbons (Fsp3) is 0. The number of hydrogen-bond donors (Lipinski definition) is 0. The van der Waals surface area contributed by atoms with Crippen LogP contribution in [0.2, 0.25) is 0 Å². The van der Waals surface area contributed by atoms with Gasteiger partial charge in [0, 0.05) is 38.0 Å². The molecule has 0 N–H and O–H groups in total. The van der Waals surface area contributed by atoms with Gasteiger partial charge in [0.2, 0.25) is 0 Å². The van der Waals surface area contributed by atoms with Crippen LogP contribution in [0, 0.1) is 0 Å². The van der Waals surface area contributed by atoms with E-state index in [1.165, 1.54) is 10.8 Å². The first-order chi connectivity index (χ1) is 27.8. The van der Waals surface area contributed by atoms with Crippen LogP contribution >= 0.6 is 0 Å². The number of nitrogens with zero attached hydrogens (tertiary/aromatic N) is 2. The first-order valence-electron chi connectivity index (χ1n) is 19.0. The number of anilines is 3. The lowest BCUT2D eigenvalue weighted by Gasteiger charge is -2.29. The maximum Gasteiger partial charge on any atom is 0.143 e. The van der Waals surface area contributed by atoms with Crippen LogP contribution in [0.1, 0.15) is 0 Å². The van der Waals surface area contributed by atoms with Crippen molar-refractivity contribution in [2.24, 2.45) is 0 Å². The Bertz CT molecular complexity index is 3460. The largest absolute Gasteiger partial charge is 0.456 e. The highest BCUT2D eigenvalue weighted by Gasteiger charge is 2.24. The summed E-state index contributed by atoms with van der Waals surface area (Å²) in [5.74, 6) is 0. The molecule has 0 unspecified atom stereocenters. The molecule has 0 saturated heterocycles. The molecule has 0 atom stereocenters. The van der Waals surface area contributed by atoms with Crippen molar-refractivity contribution in [3.8, 4) is 16.8 Å². The lowest BCUT2D eigenvalue weighted by molar-refractivity contribution is 0.669. The molecule has 12 rings (SSSR count). The molecule has 0 radical (unpaired) electrons. The van der Waals surface area contributed by atoms with Crippen LogP contribution in [0.15, 0.2) is 203 Å². The molecular weight excluding hydrogens is 685 g/mol. The van der Waals surface area contributed by atoms with Crippen LogP contribution < -0.4 is 4.90 Å². The van der Waals surface area contributed by atoms with E-state index in [1.54, 1.807) is 0 Å². The molecule has 3 heterocycles. The summed E-state index contributed by atoms with van der Waals surface area (Å²) in [6.45, 7) is 0. The topological polar surface area (TPSA) is 34.5 Å². The van der Waals surface area contributed by atoms with Crippen molar-refractivity contribution in [3.63, 3.8) is 0 Å². The lowest BCUT2D eigenvalue weighted by Crippen LogP contribution is -2.13. The van der Waals surface area contributed by atoms with Crippen LogP contribution in [0.3, 0.4) is 0 Å². The van der Waals surface area contributed by atoms with Gasteiger partial charge in [0.1, 0.15) is 22.3 Å². The van der Waals surface area contributed by atoms with Crippen molar-refractivity contribution in [1.29, 1.82) is 0 Å². The number of furan rings is 2. The Hall–Kier alpha value is -7.56. The van der Waals surface area contributed by atoms with Crippen molar-refractivity contribution in [2.75, 3.05) is 4.90 Å². The minimum atomic E-state index is 0.849. The second-order valence-electron chi connectivity index (χ2n) is 14.5. The Kier molecular flexibility index (Phi) is 6.60. The SMILES string of the molecule is c1cc(-c2ccc3oc4ccccc4c3c2)cc(N(c2ccccc2-n2c3ccccc3c3ccccc32)c2cccc3oc4c5ccccc5ccc4c23)c1. The van der Waals surface area contributed by atoms with Crippen molar-refractivity contribution in [2.45, 2.75) is 0 Å². The zero-order chi connectivity index (χ0) is 36.7. The van der Waals surface area contributed by atoms with Crippen molar-refractivity contribution >= 4 is 93.5 Å². The molecule has 0 spiro atoms. The molecule has 4 nitrogen and oxygen atoms in total. The third-order valence-electron chi connectivity index (χ3n) is 11.4. The Labute approximate surface area is 321 Å². The van der Waals surface area contributed by atoms with Gasteiger partial charge in [0.05, 0.1) is 33.5 Å². The quantitative estimate of drug-likeness (QED) is 0.178. The fourth-order valence-electron chi connectivity index (χ4n) is 8.88. The summed E-state index contributed by atoms with van der Waals surface area (Å²) in [4.78, 5) is 2.42. The van der Waals surface area contributed by atoms with Gasteiger partial charge in [-0.15, -0.1) is 0 Å². The monoisotopic (exact) mass is 716 g/mol. The van der Waals surface area contributed by atoms with Gasteiger partial charge >= 0.3 is 0 Å². The highest BCUT2D eigenvalue weighted by Crippen LogP contribution is 2.47. The number of benzene rings is 9.